The van der Waals surface area contributed by atoms with Crippen molar-refractivity contribution in [2.75, 3.05) is 0 Å². The third-order valence-electron chi connectivity index (χ3n) is 1.77. The molecule has 1 atom stereocenters. The summed E-state index contributed by atoms with van der Waals surface area (Å²) in [4.78, 5) is 8.54. The van der Waals surface area contributed by atoms with Crippen LogP contribution in [0.5, 0.6) is 0 Å². The minimum atomic E-state index is 0.507. The van der Waals surface area contributed by atoms with Gasteiger partial charge in [0.25, 0.3) is 0 Å². The van der Waals surface area contributed by atoms with Gasteiger partial charge in [-0.15, -0.1) is 0 Å². The topological polar surface area (TPSA) is 25.8 Å². The molecule has 0 bridgehead atoms. The van der Waals surface area contributed by atoms with Gasteiger partial charge >= 0.3 is 0 Å². The van der Waals surface area contributed by atoms with Crippen LogP contribution in [-0.2, 0) is 6.42 Å². The van der Waals surface area contributed by atoms with E-state index >= 15 is 0 Å². The van der Waals surface area contributed by atoms with Crippen molar-refractivity contribution in [1.82, 2.24) is 9.97 Å². The Morgan fingerprint density at radius 1 is 1.50 bits per heavy atom. The third kappa shape index (κ3) is 2.89. The van der Waals surface area contributed by atoms with Crippen molar-refractivity contribution < 1.29 is 0 Å². The van der Waals surface area contributed by atoms with E-state index in [1.165, 1.54) is 0 Å². The lowest BCUT2D eigenvalue weighted by Gasteiger charge is -2.12. The molecule has 0 aliphatic rings. The van der Waals surface area contributed by atoms with Crippen LogP contribution < -0.4 is 0 Å². The summed E-state index contributed by atoms with van der Waals surface area (Å²) in [6, 6.07) is 1.96. The van der Waals surface area contributed by atoms with E-state index in [2.05, 4.69) is 39.7 Å². The average molecular weight is 229 g/mol. The second kappa shape index (κ2) is 4.55. The van der Waals surface area contributed by atoms with Crippen molar-refractivity contribution in [3.05, 3.63) is 24.3 Å². The lowest BCUT2D eigenvalue weighted by molar-refractivity contribution is 0.607. The normalized spacial score (nSPS) is 13.3. The highest BCUT2D eigenvalue weighted by Gasteiger charge is 2.09. The number of alkyl halides is 1. The number of rotatable bonds is 3. The molecule has 0 aliphatic heterocycles. The molecule has 0 spiro atoms. The molecule has 12 heavy (non-hydrogen) atoms. The molecule has 0 amide bonds. The summed E-state index contributed by atoms with van der Waals surface area (Å²) in [5.74, 6) is 0.639. The fraction of sp³-hybridized carbons (Fsp3) is 0.556. The molecule has 1 rings (SSSR count). The summed E-state index contributed by atoms with van der Waals surface area (Å²) in [7, 11) is 0. The van der Waals surface area contributed by atoms with Crippen molar-refractivity contribution in [3.63, 3.8) is 0 Å². The Labute approximate surface area is 81.6 Å². The van der Waals surface area contributed by atoms with Crippen LogP contribution in [0.25, 0.3) is 0 Å². The lowest BCUT2D eigenvalue weighted by atomic mass is 10.1. The molecular formula is C9H13BrN2. The van der Waals surface area contributed by atoms with Crippen LogP contribution in [0.15, 0.2) is 18.6 Å². The van der Waals surface area contributed by atoms with Gasteiger partial charge < -0.3 is 0 Å². The van der Waals surface area contributed by atoms with E-state index in [1.54, 1.807) is 12.5 Å². The number of nitrogens with zero attached hydrogens (tertiary/aromatic N) is 2. The molecule has 1 aromatic heterocycles. The summed E-state index contributed by atoms with van der Waals surface area (Å²) < 4.78 is 0. The van der Waals surface area contributed by atoms with Crippen LogP contribution in [0.4, 0.5) is 0 Å². The van der Waals surface area contributed by atoms with Crippen molar-refractivity contribution in [2.24, 2.45) is 5.92 Å². The van der Waals surface area contributed by atoms with Gasteiger partial charge in [0.05, 0.1) is 0 Å². The molecule has 0 aromatic carbocycles. The van der Waals surface area contributed by atoms with Crippen LogP contribution in [0.3, 0.4) is 0 Å². The fourth-order valence-corrected chi connectivity index (χ4v) is 1.21. The Morgan fingerprint density at radius 2 is 2.25 bits per heavy atom. The first-order valence-electron chi connectivity index (χ1n) is 4.09. The molecule has 0 fully saturated rings. The largest absolute Gasteiger partial charge is 0.245 e. The lowest BCUT2D eigenvalue weighted by Crippen LogP contribution is -2.11. The summed E-state index contributed by atoms with van der Waals surface area (Å²) in [5, 5.41) is 0. The average Bonchev–Trinajstić information content (AvgIpc) is 2.06. The molecule has 0 saturated heterocycles. The van der Waals surface area contributed by atoms with Gasteiger partial charge in [-0.3, -0.25) is 0 Å². The van der Waals surface area contributed by atoms with Gasteiger partial charge in [0, 0.05) is 23.1 Å². The Morgan fingerprint density at radius 3 is 2.75 bits per heavy atom. The Kier molecular flexibility index (Phi) is 3.66. The van der Waals surface area contributed by atoms with Crippen LogP contribution in [0, 0.1) is 5.92 Å². The zero-order valence-electron chi connectivity index (χ0n) is 7.37. The maximum atomic E-state index is 4.16. The Balaban J connectivity index is 2.53. The maximum absolute atomic E-state index is 4.16. The molecule has 3 heteroatoms. The zero-order valence-corrected chi connectivity index (χ0v) is 8.95. The molecule has 0 N–H and O–H groups in total. The molecule has 1 heterocycles. The first-order chi connectivity index (χ1) is 5.70. The quantitative estimate of drug-likeness (QED) is 0.744. The van der Waals surface area contributed by atoms with Crippen molar-refractivity contribution >= 4 is 15.9 Å². The molecule has 2 nitrogen and oxygen atoms in total. The summed E-state index contributed by atoms with van der Waals surface area (Å²) in [6.45, 7) is 4.39. The van der Waals surface area contributed by atoms with Gasteiger partial charge in [0.1, 0.15) is 6.33 Å². The second-order valence-electron chi connectivity index (χ2n) is 3.16. The highest BCUT2D eigenvalue weighted by atomic mass is 79.9. The van der Waals surface area contributed by atoms with Gasteiger partial charge in [-0.2, -0.15) is 0 Å². The van der Waals surface area contributed by atoms with E-state index in [9.17, 15) is 0 Å². The van der Waals surface area contributed by atoms with Crippen LogP contribution in [0.2, 0.25) is 0 Å². The number of aromatic nitrogens is 2. The van der Waals surface area contributed by atoms with E-state index in [0.29, 0.717) is 10.7 Å². The first kappa shape index (κ1) is 9.65. The van der Waals surface area contributed by atoms with E-state index < -0.39 is 0 Å². The van der Waals surface area contributed by atoms with Gasteiger partial charge in [0.2, 0.25) is 0 Å². The number of hydrogen-bond donors (Lipinski definition) is 0. The first-order valence-corrected chi connectivity index (χ1v) is 5.00. The molecular weight excluding hydrogens is 216 g/mol. The molecule has 0 saturated carbocycles. The van der Waals surface area contributed by atoms with Crippen molar-refractivity contribution in [2.45, 2.75) is 25.1 Å². The van der Waals surface area contributed by atoms with E-state index in [1.807, 2.05) is 6.07 Å². The van der Waals surface area contributed by atoms with Crippen LogP contribution in [0.1, 0.15) is 19.5 Å². The standard InChI is InChI=1S/C9H13BrN2/c1-7(2)9(10)5-8-3-4-11-6-12-8/h3-4,6-7,9H,5H2,1-2H3. The minimum absolute atomic E-state index is 0.507. The molecule has 0 radical (unpaired) electrons. The van der Waals surface area contributed by atoms with Crippen molar-refractivity contribution in [3.8, 4) is 0 Å². The monoisotopic (exact) mass is 228 g/mol. The minimum Gasteiger partial charge on any atom is -0.245 e. The predicted octanol–water partition coefficient (Wildman–Crippen LogP) is 2.44. The van der Waals surface area contributed by atoms with E-state index in [4.69, 9.17) is 0 Å². The molecule has 66 valence electrons. The van der Waals surface area contributed by atoms with Gasteiger partial charge in [-0.25, -0.2) is 9.97 Å². The highest BCUT2D eigenvalue weighted by Crippen LogP contribution is 2.15. The van der Waals surface area contributed by atoms with E-state index in [0.717, 1.165) is 12.1 Å². The number of halogens is 1. The SMILES string of the molecule is CC(C)C(Br)Cc1ccncn1. The molecule has 1 unspecified atom stereocenters. The van der Waals surface area contributed by atoms with Gasteiger partial charge in [0.15, 0.2) is 0 Å². The van der Waals surface area contributed by atoms with Crippen LogP contribution >= 0.6 is 15.9 Å². The summed E-state index contributed by atoms with van der Waals surface area (Å²) in [5.41, 5.74) is 1.10. The van der Waals surface area contributed by atoms with Gasteiger partial charge in [-0.1, -0.05) is 29.8 Å². The van der Waals surface area contributed by atoms with Gasteiger partial charge in [-0.05, 0) is 12.0 Å². The van der Waals surface area contributed by atoms with Crippen molar-refractivity contribution in [1.29, 1.82) is 0 Å². The Hall–Kier alpha value is -0.440. The predicted molar refractivity (Wildman–Crippen MR) is 53.3 cm³/mol. The maximum Gasteiger partial charge on any atom is 0.115 e. The second-order valence-corrected chi connectivity index (χ2v) is 4.34. The third-order valence-corrected chi connectivity index (χ3v) is 3.15. The van der Waals surface area contributed by atoms with E-state index in [-0.39, 0.29) is 0 Å². The smallest absolute Gasteiger partial charge is 0.115 e. The number of hydrogen-bond acceptors (Lipinski definition) is 2. The highest BCUT2D eigenvalue weighted by molar-refractivity contribution is 9.09. The molecule has 1 aromatic rings. The Bertz CT molecular complexity index is 223. The summed E-state index contributed by atoms with van der Waals surface area (Å²) >= 11 is 3.62. The summed E-state index contributed by atoms with van der Waals surface area (Å²) in [6.07, 6.45) is 4.35. The fourth-order valence-electron chi connectivity index (χ4n) is 0.874. The van der Waals surface area contributed by atoms with Crippen LogP contribution in [-0.4, -0.2) is 14.8 Å². The molecule has 0 aliphatic carbocycles. The zero-order chi connectivity index (χ0) is 8.97.